The average Bonchev–Trinajstić information content (AvgIpc) is 3.23. The van der Waals surface area contributed by atoms with E-state index in [9.17, 15) is 4.79 Å². The van der Waals surface area contributed by atoms with Crippen LogP contribution in [0.25, 0.3) is 11.3 Å². The topological polar surface area (TPSA) is 95.8 Å². The fourth-order valence-corrected chi connectivity index (χ4v) is 4.24. The number of amides is 2. The molecule has 1 atom stereocenters. The molecular formula is C23H23N7O2. The van der Waals surface area contributed by atoms with Crippen LogP contribution in [0.3, 0.4) is 0 Å². The third-order valence-electron chi connectivity index (χ3n) is 5.68. The molecule has 9 heteroatoms. The number of carbonyl (C=O) groups excluding carboxylic acids is 1. The van der Waals surface area contributed by atoms with Crippen molar-refractivity contribution in [3.05, 3.63) is 54.2 Å². The second-order valence-electron chi connectivity index (χ2n) is 7.67. The Hall–Kier alpha value is -4.01. The van der Waals surface area contributed by atoms with Crippen molar-refractivity contribution in [2.75, 3.05) is 42.4 Å². The number of carbonyl (C=O) groups is 1. The average molecular weight is 429 g/mol. The molecule has 4 heterocycles. The lowest BCUT2D eigenvalue weighted by Crippen LogP contribution is -2.48. The van der Waals surface area contributed by atoms with Crippen molar-refractivity contribution in [1.29, 1.82) is 0 Å². The highest BCUT2D eigenvalue weighted by atomic mass is 16.5. The Morgan fingerprint density at radius 3 is 3.00 bits per heavy atom. The van der Waals surface area contributed by atoms with E-state index in [2.05, 4.69) is 25.2 Å². The van der Waals surface area contributed by atoms with Crippen LogP contribution >= 0.6 is 0 Å². The molecule has 0 spiro atoms. The SMILES string of the molecule is CN=Cc1cccc(-c2ccc3c(n2)N(C(=O)Nc2ccnc(OC)n2)[C@H]2CCN3C2)c1. The Morgan fingerprint density at radius 1 is 1.25 bits per heavy atom. The van der Waals surface area contributed by atoms with Gasteiger partial charge in [0.25, 0.3) is 0 Å². The number of urea groups is 1. The number of methoxy groups -OCH3 is 1. The smallest absolute Gasteiger partial charge is 0.329 e. The Labute approximate surface area is 185 Å². The molecule has 2 amide bonds. The molecule has 3 aromatic rings. The summed E-state index contributed by atoms with van der Waals surface area (Å²) >= 11 is 0. The first-order valence-electron chi connectivity index (χ1n) is 10.4. The lowest BCUT2D eigenvalue weighted by Gasteiger charge is -2.35. The zero-order chi connectivity index (χ0) is 22.1. The second-order valence-corrected chi connectivity index (χ2v) is 7.67. The molecule has 2 aliphatic rings. The molecule has 1 aromatic carbocycles. The lowest BCUT2D eigenvalue weighted by molar-refractivity contribution is 0.254. The lowest BCUT2D eigenvalue weighted by atomic mass is 10.1. The van der Waals surface area contributed by atoms with Crippen LogP contribution < -0.4 is 19.9 Å². The highest BCUT2D eigenvalue weighted by Gasteiger charge is 2.40. The van der Waals surface area contributed by atoms with E-state index < -0.39 is 0 Å². The molecule has 9 nitrogen and oxygen atoms in total. The van der Waals surface area contributed by atoms with Crippen LogP contribution in [0.2, 0.25) is 0 Å². The van der Waals surface area contributed by atoms with Gasteiger partial charge in [-0.2, -0.15) is 4.98 Å². The quantitative estimate of drug-likeness (QED) is 0.640. The van der Waals surface area contributed by atoms with Crippen LogP contribution in [0.4, 0.5) is 22.1 Å². The van der Waals surface area contributed by atoms with Gasteiger partial charge in [0.15, 0.2) is 5.82 Å². The van der Waals surface area contributed by atoms with E-state index in [1.807, 2.05) is 42.6 Å². The number of anilines is 3. The summed E-state index contributed by atoms with van der Waals surface area (Å²) < 4.78 is 5.06. The predicted molar refractivity (Wildman–Crippen MR) is 124 cm³/mol. The van der Waals surface area contributed by atoms with Gasteiger partial charge in [0.1, 0.15) is 5.82 Å². The van der Waals surface area contributed by atoms with Crippen LogP contribution in [0.15, 0.2) is 53.7 Å². The molecule has 162 valence electrons. The van der Waals surface area contributed by atoms with E-state index in [0.717, 1.165) is 42.0 Å². The van der Waals surface area contributed by atoms with Crippen LogP contribution in [-0.2, 0) is 0 Å². The molecule has 0 unspecified atom stereocenters. The van der Waals surface area contributed by atoms with Crippen molar-refractivity contribution in [2.45, 2.75) is 12.5 Å². The molecular weight excluding hydrogens is 406 g/mol. The minimum atomic E-state index is -0.268. The summed E-state index contributed by atoms with van der Waals surface area (Å²) in [6.45, 7) is 1.68. The first kappa shape index (κ1) is 19.9. The second kappa shape index (κ2) is 8.26. The van der Waals surface area contributed by atoms with Gasteiger partial charge in [0, 0.05) is 38.1 Å². The van der Waals surface area contributed by atoms with E-state index in [1.54, 1.807) is 24.2 Å². The molecule has 5 rings (SSSR count). The van der Waals surface area contributed by atoms with Gasteiger partial charge >= 0.3 is 12.0 Å². The van der Waals surface area contributed by atoms with Crippen molar-refractivity contribution in [2.24, 2.45) is 4.99 Å². The van der Waals surface area contributed by atoms with Crippen LogP contribution in [0.1, 0.15) is 12.0 Å². The van der Waals surface area contributed by atoms with Crippen LogP contribution in [0.5, 0.6) is 6.01 Å². The first-order valence-corrected chi connectivity index (χ1v) is 10.4. The molecule has 0 aliphatic carbocycles. The minimum absolute atomic E-state index is 0.0486. The number of ether oxygens (including phenoxy) is 1. The van der Waals surface area contributed by atoms with Gasteiger partial charge in [-0.15, -0.1) is 0 Å². The third kappa shape index (κ3) is 3.62. The summed E-state index contributed by atoms with van der Waals surface area (Å²) in [6.07, 6.45) is 4.24. The van der Waals surface area contributed by atoms with E-state index >= 15 is 0 Å². The first-order chi connectivity index (χ1) is 15.7. The maximum Gasteiger partial charge on any atom is 0.329 e. The van der Waals surface area contributed by atoms with E-state index in [1.165, 1.54) is 7.11 Å². The summed E-state index contributed by atoms with van der Waals surface area (Å²) in [5, 5.41) is 2.88. The highest BCUT2D eigenvalue weighted by Crippen LogP contribution is 2.40. The van der Waals surface area contributed by atoms with Crippen molar-refractivity contribution >= 4 is 29.6 Å². The zero-order valence-electron chi connectivity index (χ0n) is 17.9. The normalized spacial score (nSPS) is 16.9. The largest absolute Gasteiger partial charge is 0.467 e. The standard InChI is InChI=1S/C23H23N7O2/c1-24-13-15-4-3-5-16(12-15)18-6-7-19-21(26-18)30(17-9-11-29(19)14-17)23(31)28-20-8-10-25-22(27-20)32-2/h3-8,10,12-13,17H,9,11,14H2,1-2H3,(H,25,27,28,31)/t17-/m0/s1. The van der Waals surface area contributed by atoms with E-state index in [4.69, 9.17) is 9.72 Å². The Balaban J connectivity index is 1.51. The summed E-state index contributed by atoms with van der Waals surface area (Å²) in [5.41, 5.74) is 3.74. The Bertz CT molecular complexity index is 1200. The molecule has 2 bridgehead atoms. The number of aromatic nitrogens is 3. The summed E-state index contributed by atoms with van der Waals surface area (Å²) in [7, 11) is 3.24. The van der Waals surface area contributed by atoms with Gasteiger partial charge in [-0.3, -0.25) is 15.2 Å². The Morgan fingerprint density at radius 2 is 2.16 bits per heavy atom. The molecule has 0 radical (unpaired) electrons. The van der Waals surface area contributed by atoms with Crippen LogP contribution in [-0.4, -0.2) is 60.5 Å². The number of hydrogen-bond acceptors (Lipinski definition) is 7. The van der Waals surface area contributed by atoms with E-state index in [-0.39, 0.29) is 18.1 Å². The number of fused-ring (bicyclic) bond motifs is 4. The van der Waals surface area contributed by atoms with Gasteiger partial charge in [0.2, 0.25) is 0 Å². The van der Waals surface area contributed by atoms with E-state index in [0.29, 0.717) is 11.6 Å². The molecule has 2 aromatic heterocycles. The summed E-state index contributed by atoms with van der Waals surface area (Å²) in [5.74, 6) is 1.04. The summed E-state index contributed by atoms with van der Waals surface area (Å²) in [6, 6.07) is 13.7. The molecule has 2 aliphatic heterocycles. The zero-order valence-corrected chi connectivity index (χ0v) is 17.9. The Kier molecular flexibility index (Phi) is 5.14. The number of benzene rings is 1. The minimum Gasteiger partial charge on any atom is -0.467 e. The maximum atomic E-state index is 13.3. The molecule has 1 fully saturated rings. The fourth-order valence-electron chi connectivity index (χ4n) is 4.24. The summed E-state index contributed by atoms with van der Waals surface area (Å²) in [4.78, 5) is 34.6. The maximum absolute atomic E-state index is 13.3. The predicted octanol–water partition coefficient (Wildman–Crippen LogP) is 3.23. The van der Waals surface area contributed by atoms with Crippen molar-refractivity contribution < 1.29 is 9.53 Å². The third-order valence-corrected chi connectivity index (χ3v) is 5.68. The van der Waals surface area contributed by atoms with Gasteiger partial charge < -0.3 is 9.64 Å². The van der Waals surface area contributed by atoms with Gasteiger partial charge in [-0.05, 0) is 36.2 Å². The van der Waals surface area contributed by atoms with Crippen LogP contribution in [0, 0.1) is 0 Å². The van der Waals surface area contributed by atoms with Gasteiger partial charge in [-0.25, -0.2) is 14.8 Å². The van der Waals surface area contributed by atoms with Gasteiger partial charge in [-0.1, -0.05) is 18.2 Å². The van der Waals surface area contributed by atoms with Crippen molar-refractivity contribution in [3.63, 3.8) is 0 Å². The number of rotatable bonds is 4. The number of nitrogens with one attached hydrogen (secondary N) is 1. The number of nitrogens with zero attached hydrogens (tertiary/aromatic N) is 6. The molecule has 1 saturated heterocycles. The molecule has 0 saturated carbocycles. The molecule has 1 N–H and O–H groups in total. The monoisotopic (exact) mass is 429 g/mol. The number of pyridine rings is 1. The number of hydrogen-bond donors (Lipinski definition) is 1. The van der Waals surface area contributed by atoms with Crippen molar-refractivity contribution in [1.82, 2.24) is 15.0 Å². The number of aliphatic imine (C=N–C) groups is 1. The van der Waals surface area contributed by atoms with Crippen molar-refractivity contribution in [3.8, 4) is 17.3 Å². The van der Waals surface area contributed by atoms with Gasteiger partial charge in [0.05, 0.1) is 24.5 Å². The molecule has 32 heavy (non-hydrogen) atoms. The fraction of sp³-hybridized carbons (Fsp3) is 0.261. The highest BCUT2D eigenvalue weighted by molar-refractivity contribution is 6.04.